The molecule has 2 aromatic carbocycles. The molecule has 0 atom stereocenters. The molecule has 0 spiro atoms. The Morgan fingerprint density at radius 2 is 1.85 bits per heavy atom. The summed E-state index contributed by atoms with van der Waals surface area (Å²) >= 11 is 15.6. The van der Waals surface area contributed by atoms with E-state index in [4.69, 9.17) is 27.9 Å². The second kappa shape index (κ2) is 7.32. The fourth-order valence-electron chi connectivity index (χ4n) is 1.83. The first-order valence-electron chi connectivity index (χ1n) is 6.10. The number of ether oxygens (including phenoxy) is 1. The van der Waals surface area contributed by atoms with Crippen LogP contribution in [0.1, 0.15) is 11.1 Å². The molecule has 0 unspecified atom stereocenters. The molecule has 0 aliphatic rings. The zero-order chi connectivity index (χ0) is 14.5. The van der Waals surface area contributed by atoms with Gasteiger partial charge in [-0.1, -0.05) is 51.3 Å². The molecule has 1 N–H and O–H groups in total. The molecule has 0 aliphatic carbocycles. The van der Waals surface area contributed by atoms with Crippen LogP contribution in [0.25, 0.3) is 0 Å². The normalized spacial score (nSPS) is 10.6. The number of nitrogens with one attached hydrogen (secondary N) is 1. The van der Waals surface area contributed by atoms with Gasteiger partial charge in [-0.25, -0.2) is 0 Å². The standard InChI is InChI=1S/C15H14BrCl2NO/c1-19-8-11-6-13(17)7-14(18)15(11)20-9-10-2-4-12(16)5-3-10/h2-7,19H,8-9H2,1H3. The lowest BCUT2D eigenvalue weighted by atomic mass is 10.2. The maximum absolute atomic E-state index is 6.22. The van der Waals surface area contributed by atoms with E-state index in [-0.39, 0.29) is 0 Å². The van der Waals surface area contributed by atoms with Crippen LogP contribution >= 0.6 is 39.1 Å². The predicted octanol–water partition coefficient (Wildman–Crippen LogP) is 5.05. The van der Waals surface area contributed by atoms with Crippen LogP contribution < -0.4 is 10.1 Å². The third-order valence-corrected chi connectivity index (χ3v) is 3.78. The Morgan fingerprint density at radius 1 is 1.15 bits per heavy atom. The average Bonchev–Trinajstić information content (AvgIpc) is 2.40. The van der Waals surface area contributed by atoms with Crippen molar-refractivity contribution in [3.8, 4) is 5.75 Å². The topological polar surface area (TPSA) is 21.3 Å². The summed E-state index contributed by atoms with van der Waals surface area (Å²) < 4.78 is 6.90. The van der Waals surface area contributed by atoms with Crippen molar-refractivity contribution >= 4 is 39.1 Å². The summed E-state index contributed by atoms with van der Waals surface area (Å²) in [4.78, 5) is 0. The molecule has 2 rings (SSSR count). The maximum Gasteiger partial charge on any atom is 0.142 e. The maximum atomic E-state index is 6.22. The van der Waals surface area contributed by atoms with E-state index in [9.17, 15) is 0 Å². The monoisotopic (exact) mass is 373 g/mol. The Balaban J connectivity index is 2.17. The van der Waals surface area contributed by atoms with Crippen molar-refractivity contribution in [1.82, 2.24) is 5.32 Å². The van der Waals surface area contributed by atoms with Gasteiger partial charge in [0.15, 0.2) is 0 Å². The molecular formula is C15H14BrCl2NO. The molecule has 0 saturated carbocycles. The number of hydrogen-bond acceptors (Lipinski definition) is 2. The van der Waals surface area contributed by atoms with Crippen molar-refractivity contribution in [2.45, 2.75) is 13.2 Å². The minimum atomic E-state index is 0.464. The molecule has 0 bridgehead atoms. The molecular weight excluding hydrogens is 361 g/mol. The van der Waals surface area contributed by atoms with E-state index in [1.807, 2.05) is 37.4 Å². The number of benzene rings is 2. The van der Waals surface area contributed by atoms with Crippen molar-refractivity contribution in [3.63, 3.8) is 0 Å². The largest absolute Gasteiger partial charge is 0.487 e. The van der Waals surface area contributed by atoms with Crippen molar-refractivity contribution < 1.29 is 4.74 Å². The Hall–Kier alpha value is -0.740. The summed E-state index contributed by atoms with van der Waals surface area (Å²) in [6.45, 7) is 1.11. The lowest BCUT2D eigenvalue weighted by molar-refractivity contribution is 0.302. The molecule has 2 nitrogen and oxygen atoms in total. The SMILES string of the molecule is CNCc1cc(Cl)cc(Cl)c1OCc1ccc(Br)cc1. The molecule has 2 aromatic rings. The second-order valence-corrected chi connectivity index (χ2v) is 6.08. The quantitative estimate of drug-likeness (QED) is 0.790. The molecule has 0 aliphatic heterocycles. The average molecular weight is 375 g/mol. The first kappa shape index (κ1) is 15.6. The van der Waals surface area contributed by atoms with E-state index in [1.54, 1.807) is 6.07 Å². The minimum Gasteiger partial charge on any atom is -0.487 e. The highest BCUT2D eigenvalue weighted by atomic mass is 79.9. The third kappa shape index (κ3) is 4.13. The number of halogens is 3. The molecule has 20 heavy (non-hydrogen) atoms. The van der Waals surface area contributed by atoms with Crippen LogP contribution in [0, 0.1) is 0 Å². The van der Waals surface area contributed by atoms with E-state index < -0.39 is 0 Å². The van der Waals surface area contributed by atoms with Gasteiger partial charge >= 0.3 is 0 Å². The lowest BCUT2D eigenvalue weighted by Crippen LogP contribution is -2.08. The van der Waals surface area contributed by atoms with Crippen LogP contribution in [0.15, 0.2) is 40.9 Å². The molecule has 5 heteroatoms. The smallest absolute Gasteiger partial charge is 0.142 e. The summed E-state index contributed by atoms with van der Waals surface area (Å²) in [6, 6.07) is 11.5. The molecule has 106 valence electrons. The van der Waals surface area contributed by atoms with Crippen molar-refractivity contribution in [2.75, 3.05) is 7.05 Å². The van der Waals surface area contributed by atoms with E-state index in [1.165, 1.54) is 0 Å². The van der Waals surface area contributed by atoms with Gasteiger partial charge in [0, 0.05) is 21.6 Å². The fraction of sp³-hybridized carbons (Fsp3) is 0.200. The molecule has 0 aromatic heterocycles. The minimum absolute atomic E-state index is 0.464. The van der Waals surface area contributed by atoms with Crippen molar-refractivity contribution in [3.05, 3.63) is 62.0 Å². The Kier molecular flexibility index (Phi) is 5.73. The summed E-state index contributed by atoms with van der Waals surface area (Å²) in [6.07, 6.45) is 0. The molecule has 0 radical (unpaired) electrons. The summed E-state index contributed by atoms with van der Waals surface area (Å²) in [5.74, 6) is 0.674. The van der Waals surface area contributed by atoms with Crippen LogP contribution in [0.3, 0.4) is 0 Å². The van der Waals surface area contributed by atoms with E-state index in [0.717, 1.165) is 15.6 Å². The van der Waals surface area contributed by atoms with Gasteiger partial charge in [-0.15, -0.1) is 0 Å². The van der Waals surface area contributed by atoms with Crippen molar-refractivity contribution in [1.29, 1.82) is 0 Å². The van der Waals surface area contributed by atoms with Gasteiger partial charge in [-0.2, -0.15) is 0 Å². The zero-order valence-electron chi connectivity index (χ0n) is 10.9. The summed E-state index contributed by atoms with van der Waals surface area (Å²) in [7, 11) is 1.87. The van der Waals surface area contributed by atoms with Gasteiger partial charge in [0.2, 0.25) is 0 Å². The van der Waals surface area contributed by atoms with Crippen LogP contribution in [0.4, 0.5) is 0 Å². The zero-order valence-corrected chi connectivity index (χ0v) is 14.0. The summed E-state index contributed by atoms with van der Waals surface area (Å²) in [5.41, 5.74) is 2.02. The molecule has 0 saturated heterocycles. The fourth-order valence-corrected chi connectivity index (χ4v) is 2.69. The Labute approximate surface area is 137 Å². The van der Waals surface area contributed by atoms with Gasteiger partial charge in [0.25, 0.3) is 0 Å². The van der Waals surface area contributed by atoms with Crippen LogP contribution in [-0.2, 0) is 13.2 Å². The molecule has 0 heterocycles. The van der Waals surface area contributed by atoms with Gasteiger partial charge < -0.3 is 10.1 Å². The van der Waals surface area contributed by atoms with Gasteiger partial charge in [0.1, 0.15) is 12.4 Å². The van der Waals surface area contributed by atoms with E-state index >= 15 is 0 Å². The first-order valence-corrected chi connectivity index (χ1v) is 7.65. The highest BCUT2D eigenvalue weighted by Crippen LogP contribution is 2.33. The molecule has 0 amide bonds. The first-order chi connectivity index (χ1) is 9.60. The van der Waals surface area contributed by atoms with Gasteiger partial charge in [-0.3, -0.25) is 0 Å². The number of hydrogen-bond donors (Lipinski definition) is 1. The van der Waals surface area contributed by atoms with Crippen LogP contribution in [-0.4, -0.2) is 7.05 Å². The highest BCUT2D eigenvalue weighted by Gasteiger charge is 2.10. The predicted molar refractivity (Wildman–Crippen MR) is 87.7 cm³/mol. The van der Waals surface area contributed by atoms with Gasteiger partial charge in [-0.05, 0) is 36.9 Å². The summed E-state index contributed by atoms with van der Waals surface area (Å²) in [5, 5.41) is 4.22. The van der Waals surface area contributed by atoms with Crippen LogP contribution in [0.2, 0.25) is 10.0 Å². The van der Waals surface area contributed by atoms with E-state index in [0.29, 0.717) is 28.9 Å². The lowest BCUT2D eigenvalue weighted by Gasteiger charge is -2.14. The number of rotatable bonds is 5. The van der Waals surface area contributed by atoms with Crippen LogP contribution in [0.5, 0.6) is 5.75 Å². The van der Waals surface area contributed by atoms with Crippen molar-refractivity contribution in [2.24, 2.45) is 0 Å². The Morgan fingerprint density at radius 3 is 2.50 bits per heavy atom. The molecule has 0 fully saturated rings. The van der Waals surface area contributed by atoms with E-state index in [2.05, 4.69) is 21.2 Å². The second-order valence-electron chi connectivity index (χ2n) is 4.32. The Bertz CT molecular complexity index is 587. The van der Waals surface area contributed by atoms with Gasteiger partial charge in [0.05, 0.1) is 5.02 Å². The highest BCUT2D eigenvalue weighted by molar-refractivity contribution is 9.10. The third-order valence-electron chi connectivity index (χ3n) is 2.75.